The Morgan fingerprint density at radius 3 is 2.57 bits per heavy atom. The minimum absolute atomic E-state index is 0.168. The second-order valence-corrected chi connectivity index (χ2v) is 6.11. The maximum atomic E-state index is 12.4. The van der Waals surface area contributed by atoms with Gasteiger partial charge < -0.3 is 5.11 Å². The molecule has 0 aliphatic heterocycles. The van der Waals surface area contributed by atoms with Crippen LogP contribution in [-0.4, -0.2) is 34.7 Å². The molecule has 2 aromatic heterocycles. The summed E-state index contributed by atoms with van der Waals surface area (Å²) in [5.74, 6) is -1.41. The molecule has 0 unspecified atom stereocenters. The van der Waals surface area contributed by atoms with Crippen molar-refractivity contribution in [2.45, 2.75) is 24.8 Å². The van der Waals surface area contributed by atoms with E-state index in [1.807, 2.05) is 0 Å². The normalized spacial score (nSPS) is 13.0. The van der Waals surface area contributed by atoms with Crippen molar-refractivity contribution >= 4 is 16.0 Å². The highest BCUT2D eigenvalue weighted by Gasteiger charge is 2.29. The predicted molar refractivity (Wildman–Crippen MR) is 73.3 cm³/mol. The average molecular weight is 310 g/mol. The summed E-state index contributed by atoms with van der Waals surface area (Å²) in [6.07, 6.45) is 3.10. The first kappa shape index (κ1) is 15.1. The van der Waals surface area contributed by atoms with Gasteiger partial charge in [0.2, 0.25) is 10.0 Å². The Kier molecular flexibility index (Phi) is 4.05. The van der Waals surface area contributed by atoms with Gasteiger partial charge in [0, 0.05) is 18.4 Å². The van der Waals surface area contributed by atoms with E-state index in [1.54, 1.807) is 31.5 Å². The van der Waals surface area contributed by atoms with Gasteiger partial charge in [-0.2, -0.15) is 5.10 Å². The largest absolute Gasteiger partial charge is 0.476 e. The van der Waals surface area contributed by atoms with E-state index < -0.39 is 27.7 Å². The lowest BCUT2D eigenvalue weighted by atomic mass is 10.1. The number of aromatic carboxylic acids is 1. The third-order valence-corrected chi connectivity index (χ3v) is 4.60. The van der Waals surface area contributed by atoms with Gasteiger partial charge in [0.15, 0.2) is 5.69 Å². The average Bonchev–Trinajstić information content (AvgIpc) is 2.82. The predicted octanol–water partition coefficient (Wildman–Crippen LogP) is 0.851. The number of carboxylic acids is 1. The molecule has 3 N–H and O–H groups in total. The van der Waals surface area contributed by atoms with Crippen molar-refractivity contribution in [3.63, 3.8) is 0 Å². The monoisotopic (exact) mass is 310 g/mol. The van der Waals surface area contributed by atoms with E-state index in [9.17, 15) is 13.2 Å². The fourth-order valence-electron chi connectivity index (χ4n) is 1.90. The molecule has 2 aromatic rings. The fraction of sp³-hybridized carbons (Fsp3) is 0.250. The minimum Gasteiger partial charge on any atom is -0.476 e. The number of aromatic amines is 1. The van der Waals surface area contributed by atoms with Gasteiger partial charge in [-0.25, -0.2) is 17.9 Å². The second-order valence-electron chi connectivity index (χ2n) is 4.46. The van der Waals surface area contributed by atoms with Gasteiger partial charge in [0.05, 0.1) is 5.69 Å². The lowest BCUT2D eigenvalue weighted by molar-refractivity contribution is 0.0686. The van der Waals surface area contributed by atoms with Crippen LogP contribution in [-0.2, 0) is 10.0 Å². The van der Waals surface area contributed by atoms with Crippen molar-refractivity contribution in [3.8, 4) is 0 Å². The first-order valence-corrected chi connectivity index (χ1v) is 7.51. The van der Waals surface area contributed by atoms with Crippen LogP contribution in [0.15, 0.2) is 29.4 Å². The third kappa shape index (κ3) is 3.09. The zero-order chi connectivity index (χ0) is 15.6. The topological polar surface area (TPSA) is 125 Å². The van der Waals surface area contributed by atoms with Crippen molar-refractivity contribution in [2.75, 3.05) is 0 Å². The molecule has 21 heavy (non-hydrogen) atoms. The fourth-order valence-corrected chi connectivity index (χ4v) is 3.46. The maximum Gasteiger partial charge on any atom is 0.357 e. The van der Waals surface area contributed by atoms with Gasteiger partial charge in [0.1, 0.15) is 4.90 Å². The molecule has 0 bridgehead atoms. The molecular formula is C12H14N4O4S. The van der Waals surface area contributed by atoms with Crippen LogP contribution in [0.2, 0.25) is 0 Å². The summed E-state index contributed by atoms with van der Waals surface area (Å²) in [5.41, 5.74) is 0.357. The lowest BCUT2D eigenvalue weighted by Crippen LogP contribution is -2.28. The SMILES string of the molecule is Cc1[nH]nc(C(=O)O)c1S(=O)(=O)N[C@H](C)c1ccncc1. The number of nitrogens with one attached hydrogen (secondary N) is 2. The van der Waals surface area contributed by atoms with Gasteiger partial charge in [-0.05, 0) is 31.5 Å². The van der Waals surface area contributed by atoms with Crippen LogP contribution in [0.5, 0.6) is 0 Å². The molecule has 1 atom stereocenters. The molecule has 0 aliphatic carbocycles. The van der Waals surface area contributed by atoms with Crippen LogP contribution in [0.3, 0.4) is 0 Å². The molecule has 0 aromatic carbocycles. The van der Waals surface area contributed by atoms with Crippen molar-refractivity contribution in [2.24, 2.45) is 0 Å². The Balaban J connectivity index is 2.36. The summed E-state index contributed by atoms with van der Waals surface area (Å²) in [4.78, 5) is 14.6. The number of aryl methyl sites for hydroxylation is 1. The van der Waals surface area contributed by atoms with Crippen molar-refractivity contribution in [1.29, 1.82) is 0 Å². The van der Waals surface area contributed by atoms with E-state index in [-0.39, 0.29) is 10.6 Å². The molecule has 8 nitrogen and oxygen atoms in total. The molecule has 0 saturated heterocycles. The van der Waals surface area contributed by atoms with Crippen molar-refractivity contribution < 1.29 is 18.3 Å². The number of hydrogen-bond donors (Lipinski definition) is 3. The zero-order valence-electron chi connectivity index (χ0n) is 11.4. The highest BCUT2D eigenvalue weighted by molar-refractivity contribution is 7.89. The number of carboxylic acid groups (broad SMARTS) is 1. The summed E-state index contributed by atoms with van der Waals surface area (Å²) in [7, 11) is -4.02. The van der Waals surface area contributed by atoms with E-state index in [0.29, 0.717) is 5.56 Å². The maximum absolute atomic E-state index is 12.4. The first-order chi connectivity index (χ1) is 9.83. The summed E-state index contributed by atoms with van der Waals surface area (Å²) in [6.45, 7) is 3.11. The van der Waals surface area contributed by atoms with E-state index in [4.69, 9.17) is 5.11 Å². The summed E-state index contributed by atoms with van der Waals surface area (Å²) >= 11 is 0. The Hall–Kier alpha value is -2.26. The van der Waals surface area contributed by atoms with Crippen molar-refractivity contribution in [1.82, 2.24) is 19.9 Å². The van der Waals surface area contributed by atoms with E-state index in [1.165, 1.54) is 6.92 Å². The van der Waals surface area contributed by atoms with Crippen LogP contribution in [0.25, 0.3) is 0 Å². The molecule has 9 heteroatoms. The van der Waals surface area contributed by atoms with Gasteiger partial charge in [-0.15, -0.1) is 0 Å². The highest BCUT2D eigenvalue weighted by Crippen LogP contribution is 2.21. The number of H-pyrrole nitrogens is 1. The second kappa shape index (κ2) is 5.62. The van der Waals surface area contributed by atoms with Crippen LogP contribution >= 0.6 is 0 Å². The first-order valence-electron chi connectivity index (χ1n) is 6.03. The van der Waals surface area contributed by atoms with Crippen LogP contribution in [0, 0.1) is 6.92 Å². The number of pyridine rings is 1. The number of carbonyl (C=O) groups is 1. The quantitative estimate of drug-likeness (QED) is 0.752. The van der Waals surface area contributed by atoms with Crippen LogP contribution < -0.4 is 4.72 Å². The third-order valence-electron chi connectivity index (χ3n) is 2.90. The van der Waals surface area contributed by atoms with E-state index >= 15 is 0 Å². The molecule has 0 amide bonds. The minimum atomic E-state index is -4.02. The van der Waals surface area contributed by atoms with Gasteiger partial charge in [0.25, 0.3) is 0 Å². The van der Waals surface area contributed by atoms with Gasteiger partial charge in [-0.3, -0.25) is 10.1 Å². The number of hydrogen-bond acceptors (Lipinski definition) is 5. The molecule has 0 spiro atoms. The van der Waals surface area contributed by atoms with Gasteiger partial charge in [-0.1, -0.05) is 0 Å². The molecule has 0 fully saturated rings. The van der Waals surface area contributed by atoms with E-state index in [0.717, 1.165) is 0 Å². The molecule has 112 valence electrons. The highest BCUT2D eigenvalue weighted by atomic mass is 32.2. The molecule has 2 rings (SSSR count). The number of aromatic nitrogens is 3. The Labute approximate surface area is 121 Å². The Morgan fingerprint density at radius 2 is 2.00 bits per heavy atom. The van der Waals surface area contributed by atoms with Crippen LogP contribution in [0.1, 0.15) is 34.7 Å². The molecule has 0 aliphatic rings. The molecule has 0 saturated carbocycles. The number of nitrogens with zero attached hydrogens (tertiary/aromatic N) is 2. The molecular weight excluding hydrogens is 296 g/mol. The molecule has 2 heterocycles. The number of rotatable bonds is 5. The van der Waals surface area contributed by atoms with Crippen molar-refractivity contribution in [3.05, 3.63) is 41.5 Å². The smallest absolute Gasteiger partial charge is 0.357 e. The summed E-state index contributed by atoms with van der Waals surface area (Å²) in [5, 5.41) is 14.9. The molecule has 0 radical (unpaired) electrons. The zero-order valence-corrected chi connectivity index (χ0v) is 12.2. The summed E-state index contributed by atoms with van der Waals surface area (Å²) < 4.78 is 27.2. The standard InChI is InChI=1S/C12H14N4O4S/c1-7(9-3-5-13-6-4-9)16-21(19,20)11-8(2)14-15-10(11)12(17)18/h3-7,16H,1-2H3,(H,14,15)(H,17,18)/t7-/m1/s1. The Morgan fingerprint density at radius 1 is 1.38 bits per heavy atom. The Bertz CT molecular complexity index is 755. The lowest BCUT2D eigenvalue weighted by Gasteiger charge is -2.14. The number of sulfonamides is 1. The van der Waals surface area contributed by atoms with Gasteiger partial charge >= 0.3 is 5.97 Å². The summed E-state index contributed by atoms with van der Waals surface area (Å²) in [6, 6.07) is 2.81. The van der Waals surface area contributed by atoms with Crippen LogP contribution in [0.4, 0.5) is 0 Å². The van der Waals surface area contributed by atoms with E-state index in [2.05, 4.69) is 19.9 Å².